The van der Waals surface area contributed by atoms with Crippen molar-refractivity contribution in [1.29, 1.82) is 0 Å². The van der Waals surface area contributed by atoms with Gasteiger partial charge in [0.15, 0.2) is 11.5 Å². The molecule has 0 saturated carbocycles. The van der Waals surface area contributed by atoms with Crippen LogP contribution >= 0.6 is 0 Å². The molecule has 1 aromatic carbocycles. The maximum absolute atomic E-state index is 11.5. The molecule has 1 N–H and O–H groups in total. The van der Waals surface area contributed by atoms with E-state index in [0.717, 1.165) is 41.2 Å². The molecule has 3 aromatic heterocycles. The van der Waals surface area contributed by atoms with Gasteiger partial charge in [-0.2, -0.15) is 5.10 Å². The topological polar surface area (TPSA) is 99.3 Å². The number of likely N-dealkylation sites (N-methyl/N-ethyl adjacent to an activating group) is 1. The Morgan fingerprint density at radius 1 is 1.17 bits per heavy atom. The molecule has 10 heteroatoms. The maximum atomic E-state index is 11.5. The van der Waals surface area contributed by atoms with Crippen LogP contribution in [0.25, 0.3) is 28.2 Å². The van der Waals surface area contributed by atoms with E-state index in [1.165, 1.54) is 5.56 Å². The molecule has 1 fully saturated rings. The largest absolute Gasteiger partial charge is 0.378 e. The second kappa shape index (κ2) is 9.85. The van der Waals surface area contributed by atoms with Crippen LogP contribution in [0.4, 0.5) is 5.69 Å². The molecule has 1 aliphatic heterocycles. The van der Waals surface area contributed by atoms with E-state index < -0.39 is 0 Å². The number of fused-ring (bicyclic) bond motifs is 1. The third-order valence-electron chi connectivity index (χ3n) is 6.12. The van der Waals surface area contributed by atoms with Crippen molar-refractivity contribution in [3.05, 3.63) is 54.0 Å². The Bertz CT molecular complexity index is 1350. The van der Waals surface area contributed by atoms with Crippen LogP contribution in [-0.2, 0) is 27.9 Å². The molecule has 0 unspecified atom stereocenters. The number of hydrogen-bond donors (Lipinski definition) is 1. The molecule has 182 valence electrons. The van der Waals surface area contributed by atoms with Crippen molar-refractivity contribution in [3.63, 3.8) is 0 Å². The Hall–Kier alpha value is -3.76. The summed E-state index contributed by atoms with van der Waals surface area (Å²) in [5, 5.41) is 7.37. The molecular weight excluding hydrogens is 446 g/mol. The van der Waals surface area contributed by atoms with Crippen LogP contribution in [0.1, 0.15) is 11.4 Å². The predicted molar refractivity (Wildman–Crippen MR) is 133 cm³/mol. The lowest BCUT2D eigenvalue weighted by Crippen LogP contribution is -2.36. The monoisotopic (exact) mass is 475 g/mol. The molecule has 1 aliphatic rings. The number of aryl methyl sites for hydroxylation is 2. The fraction of sp³-hybridized carbons (Fsp3) is 0.360. The Labute approximate surface area is 203 Å². The summed E-state index contributed by atoms with van der Waals surface area (Å²) in [7, 11) is 3.50. The zero-order valence-electron chi connectivity index (χ0n) is 20.2. The van der Waals surface area contributed by atoms with Gasteiger partial charge in [-0.1, -0.05) is 23.8 Å². The van der Waals surface area contributed by atoms with Gasteiger partial charge < -0.3 is 24.3 Å². The number of aromatic nitrogens is 5. The number of morpholine rings is 1. The van der Waals surface area contributed by atoms with Gasteiger partial charge in [0, 0.05) is 45.0 Å². The van der Waals surface area contributed by atoms with Crippen molar-refractivity contribution in [2.45, 2.75) is 13.5 Å². The van der Waals surface area contributed by atoms with Crippen molar-refractivity contribution in [2.24, 2.45) is 7.05 Å². The van der Waals surface area contributed by atoms with E-state index in [-0.39, 0.29) is 19.1 Å². The van der Waals surface area contributed by atoms with Crippen molar-refractivity contribution in [1.82, 2.24) is 29.6 Å². The van der Waals surface area contributed by atoms with Gasteiger partial charge in [0.05, 0.1) is 24.6 Å². The Morgan fingerprint density at radius 2 is 2.00 bits per heavy atom. The first kappa shape index (κ1) is 23.0. The molecule has 0 aliphatic carbocycles. The van der Waals surface area contributed by atoms with Crippen LogP contribution in [0.5, 0.6) is 0 Å². The Morgan fingerprint density at radius 3 is 2.77 bits per heavy atom. The third kappa shape index (κ3) is 4.75. The van der Waals surface area contributed by atoms with Crippen molar-refractivity contribution >= 4 is 22.8 Å². The molecule has 35 heavy (non-hydrogen) atoms. The van der Waals surface area contributed by atoms with Crippen LogP contribution in [0.3, 0.4) is 0 Å². The number of rotatable bonds is 7. The first-order valence-electron chi connectivity index (χ1n) is 11.6. The highest BCUT2D eigenvalue weighted by molar-refractivity contribution is 5.88. The van der Waals surface area contributed by atoms with Gasteiger partial charge in [-0.3, -0.25) is 4.79 Å². The molecule has 1 amide bonds. The molecule has 0 spiro atoms. The smallest absolute Gasteiger partial charge is 0.245 e. The second-order valence-corrected chi connectivity index (χ2v) is 8.54. The van der Waals surface area contributed by atoms with Crippen LogP contribution in [0.2, 0.25) is 0 Å². The van der Waals surface area contributed by atoms with E-state index in [4.69, 9.17) is 24.5 Å². The van der Waals surface area contributed by atoms with Crippen LogP contribution in [0, 0.1) is 6.92 Å². The molecule has 4 aromatic rings. The standard InChI is InChI=1S/C25H29N7O3/c1-17-5-4-6-18(13-17)19-7-8-32(29-19)21-14-20(31-9-11-34-12-10-31)24-25(28-21)30(3)22(27-24)15-35-16-23(33)26-2/h4-8,13-14H,9-12,15-16H2,1-3H3,(H,26,33). The number of hydrogen-bond acceptors (Lipinski definition) is 7. The van der Waals surface area contributed by atoms with Crippen LogP contribution in [0.15, 0.2) is 42.6 Å². The van der Waals surface area contributed by atoms with E-state index >= 15 is 0 Å². The molecule has 1 saturated heterocycles. The van der Waals surface area contributed by atoms with E-state index in [1.807, 2.05) is 36.0 Å². The second-order valence-electron chi connectivity index (χ2n) is 8.54. The average molecular weight is 476 g/mol. The normalized spacial score (nSPS) is 14.0. The van der Waals surface area contributed by atoms with E-state index in [2.05, 4.69) is 35.3 Å². The molecule has 4 heterocycles. The van der Waals surface area contributed by atoms with Gasteiger partial charge in [-0.05, 0) is 19.1 Å². The summed E-state index contributed by atoms with van der Waals surface area (Å²) in [4.78, 5) is 23.6. The summed E-state index contributed by atoms with van der Waals surface area (Å²) in [5.41, 5.74) is 5.64. The van der Waals surface area contributed by atoms with Gasteiger partial charge in [-0.25, -0.2) is 14.6 Å². The number of nitrogens with one attached hydrogen (secondary N) is 1. The third-order valence-corrected chi connectivity index (χ3v) is 6.12. The van der Waals surface area contributed by atoms with Gasteiger partial charge in [0.25, 0.3) is 0 Å². The number of ether oxygens (including phenoxy) is 2. The van der Waals surface area contributed by atoms with Gasteiger partial charge in [-0.15, -0.1) is 0 Å². The fourth-order valence-electron chi connectivity index (χ4n) is 4.18. The summed E-state index contributed by atoms with van der Waals surface area (Å²) in [6, 6.07) is 12.3. The van der Waals surface area contributed by atoms with Crippen LogP contribution in [-0.4, -0.2) is 70.2 Å². The number of amides is 1. The molecule has 0 radical (unpaired) electrons. The van der Waals surface area contributed by atoms with Crippen molar-refractivity contribution < 1.29 is 14.3 Å². The minimum absolute atomic E-state index is 0.0241. The van der Waals surface area contributed by atoms with E-state index in [0.29, 0.717) is 24.9 Å². The number of pyridine rings is 1. The lowest BCUT2D eigenvalue weighted by atomic mass is 10.1. The van der Waals surface area contributed by atoms with Crippen LogP contribution < -0.4 is 10.2 Å². The summed E-state index contributed by atoms with van der Waals surface area (Å²) in [5.74, 6) is 1.23. The Kier molecular flexibility index (Phi) is 6.47. The van der Waals surface area contributed by atoms with E-state index in [1.54, 1.807) is 11.7 Å². The molecule has 0 bridgehead atoms. The number of imidazole rings is 1. The average Bonchev–Trinajstić information content (AvgIpc) is 3.49. The van der Waals surface area contributed by atoms with E-state index in [9.17, 15) is 4.79 Å². The molecule has 10 nitrogen and oxygen atoms in total. The number of carbonyl (C=O) groups is 1. The lowest BCUT2D eigenvalue weighted by molar-refractivity contribution is -0.125. The fourth-order valence-corrected chi connectivity index (χ4v) is 4.18. The first-order chi connectivity index (χ1) is 17.0. The summed E-state index contributed by atoms with van der Waals surface area (Å²) < 4.78 is 14.9. The molecule has 0 atom stereocenters. The Balaban J connectivity index is 1.54. The zero-order chi connectivity index (χ0) is 24.4. The maximum Gasteiger partial charge on any atom is 0.245 e. The minimum Gasteiger partial charge on any atom is -0.378 e. The number of carbonyl (C=O) groups excluding carboxylic acids is 1. The molecular formula is C25H29N7O3. The summed E-state index contributed by atoms with van der Waals surface area (Å²) >= 11 is 0. The van der Waals surface area contributed by atoms with Crippen molar-refractivity contribution in [2.75, 3.05) is 44.9 Å². The summed E-state index contributed by atoms with van der Waals surface area (Å²) in [6.07, 6.45) is 1.93. The van der Waals surface area contributed by atoms with Gasteiger partial charge in [0.1, 0.15) is 24.6 Å². The van der Waals surface area contributed by atoms with Gasteiger partial charge in [0.2, 0.25) is 5.91 Å². The zero-order valence-corrected chi connectivity index (χ0v) is 20.2. The predicted octanol–water partition coefficient (Wildman–Crippen LogP) is 2.23. The van der Waals surface area contributed by atoms with Crippen molar-refractivity contribution in [3.8, 4) is 17.1 Å². The minimum atomic E-state index is -0.179. The quantitative estimate of drug-likeness (QED) is 0.438. The molecule has 5 rings (SSSR count). The number of anilines is 1. The summed E-state index contributed by atoms with van der Waals surface area (Å²) in [6.45, 7) is 5.11. The SMILES string of the molecule is CNC(=O)COCc1nc2c(N3CCOCC3)cc(-n3ccc(-c4cccc(C)c4)n3)nc2n1C. The highest BCUT2D eigenvalue weighted by Gasteiger charge is 2.21. The van der Waals surface area contributed by atoms with Gasteiger partial charge >= 0.3 is 0 Å². The lowest BCUT2D eigenvalue weighted by Gasteiger charge is -2.29. The highest BCUT2D eigenvalue weighted by Crippen LogP contribution is 2.29. The highest BCUT2D eigenvalue weighted by atomic mass is 16.5. The number of benzene rings is 1. The first-order valence-corrected chi connectivity index (χ1v) is 11.6. The number of nitrogens with zero attached hydrogens (tertiary/aromatic N) is 6.